The zero-order valence-electron chi connectivity index (χ0n) is 17.1. The molecule has 0 unspecified atom stereocenters. The summed E-state index contributed by atoms with van der Waals surface area (Å²) in [5.74, 6) is 0.732. The van der Waals surface area contributed by atoms with Crippen LogP contribution in [0.1, 0.15) is 31.2 Å². The van der Waals surface area contributed by atoms with Crippen LogP contribution in [0.3, 0.4) is 0 Å². The highest BCUT2D eigenvalue weighted by molar-refractivity contribution is 5.69. The highest BCUT2D eigenvalue weighted by atomic mass is 19.4. The van der Waals surface area contributed by atoms with E-state index in [0.717, 1.165) is 47.6 Å². The number of hydrogen-bond acceptors (Lipinski definition) is 3. The van der Waals surface area contributed by atoms with E-state index in [1.807, 2.05) is 31.2 Å². The van der Waals surface area contributed by atoms with Crippen molar-refractivity contribution in [2.75, 3.05) is 13.2 Å². The molecule has 0 saturated heterocycles. The van der Waals surface area contributed by atoms with Crippen molar-refractivity contribution in [3.63, 3.8) is 0 Å². The van der Waals surface area contributed by atoms with E-state index in [2.05, 4.69) is 15.3 Å². The largest absolute Gasteiger partial charge is 0.450 e. The van der Waals surface area contributed by atoms with Gasteiger partial charge < -0.3 is 15.0 Å². The molecule has 8 heteroatoms. The number of alkyl carbamates (subject to hydrolysis) is 1. The molecule has 0 aliphatic rings. The first-order chi connectivity index (χ1) is 14.9. The smallest absolute Gasteiger partial charge is 0.416 e. The Kier molecular flexibility index (Phi) is 7.33. The first-order valence-electron chi connectivity index (χ1n) is 10.1. The molecule has 0 radical (unpaired) electrons. The molecule has 2 N–H and O–H groups in total. The van der Waals surface area contributed by atoms with Gasteiger partial charge >= 0.3 is 12.3 Å². The molecule has 1 amide bonds. The van der Waals surface area contributed by atoms with E-state index in [1.165, 1.54) is 12.1 Å². The fourth-order valence-electron chi connectivity index (χ4n) is 2.97. The Morgan fingerprint density at radius 1 is 1.03 bits per heavy atom. The van der Waals surface area contributed by atoms with Gasteiger partial charge in [0, 0.05) is 13.0 Å². The van der Waals surface area contributed by atoms with Crippen molar-refractivity contribution >= 4 is 6.09 Å². The zero-order chi connectivity index (χ0) is 22.3. The Bertz CT molecular complexity index is 981. The number of ether oxygens (including phenoxy) is 1. The van der Waals surface area contributed by atoms with Crippen molar-refractivity contribution in [1.82, 2.24) is 15.3 Å². The van der Waals surface area contributed by atoms with Crippen molar-refractivity contribution in [3.05, 3.63) is 66.1 Å². The lowest BCUT2D eigenvalue weighted by atomic mass is 10.0. The van der Waals surface area contributed by atoms with Gasteiger partial charge in [-0.2, -0.15) is 13.2 Å². The minimum Gasteiger partial charge on any atom is -0.450 e. The Labute approximate surface area is 178 Å². The van der Waals surface area contributed by atoms with E-state index in [4.69, 9.17) is 4.74 Å². The van der Waals surface area contributed by atoms with Crippen LogP contribution in [-0.4, -0.2) is 29.2 Å². The highest BCUT2D eigenvalue weighted by Gasteiger charge is 2.29. The summed E-state index contributed by atoms with van der Waals surface area (Å²) in [4.78, 5) is 19.1. The summed E-state index contributed by atoms with van der Waals surface area (Å²) >= 11 is 0. The van der Waals surface area contributed by atoms with E-state index >= 15 is 0 Å². The topological polar surface area (TPSA) is 67.0 Å². The molecule has 0 aliphatic carbocycles. The molecular formula is C23H24F3N3O2. The summed E-state index contributed by atoms with van der Waals surface area (Å²) in [6.07, 6.45) is -0.723. The summed E-state index contributed by atoms with van der Waals surface area (Å²) < 4.78 is 43.2. The molecule has 0 fully saturated rings. The van der Waals surface area contributed by atoms with Gasteiger partial charge in [0.05, 0.1) is 24.1 Å². The van der Waals surface area contributed by atoms with Gasteiger partial charge in [-0.05, 0) is 35.2 Å². The molecule has 2 aromatic carbocycles. The second-order valence-electron chi connectivity index (χ2n) is 7.06. The van der Waals surface area contributed by atoms with E-state index < -0.39 is 17.8 Å². The van der Waals surface area contributed by atoms with Crippen LogP contribution < -0.4 is 5.32 Å². The third-order valence-electron chi connectivity index (χ3n) is 4.73. The number of rotatable bonds is 8. The monoisotopic (exact) mass is 431 g/mol. The average molecular weight is 431 g/mol. The lowest BCUT2D eigenvalue weighted by Crippen LogP contribution is -2.27. The number of benzene rings is 2. The van der Waals surface area contributed by atoms with Gasteiger partial charge in [-0.25, -0.2) is 9.78 Å². The van der Waals surface area contributed by atoms with Crippen LogP contribution in [0.2, 0.25) is 0 Å². The molecule has 3 rings (SSSR count). The second kappa shape index (κ2) is 10.1. The fourth-order valence-corrected chi connectivity index (χ4v) is 2.97. The molecule has 3 aromatic rings. The average Bonchev–Trinajstić information content (AvgIpc) is 3.22. The second-order valence-corrected chi connectivity index (χ2v) is 7.06. The molecule has 0 aliphatic heterocycles. The SMILES string of the molecule is CCCCOC(=O)NCCc1ncc(-c2ccc(-c3ccc(C(F)(F)F)cc3)cc2)[nH]1. The molecule has 164 valence electrons. The van der Waals surface area contributed by atoms with Gasteiger partial charge in [0.1, 0.15) is 5.82 Å². The number of aromatic amines is 1. The first kappa shape index (κ1) is 22.4. The number of H-pyrrole nitrogens is 1. The number of unbranched alkanes of at least 4 members (excludes halogenated alkanes) is 1. The Morgan fingerprint density at radius 2 is 1.65 bits per heavy atom. The molecule has 0 spiro atoms. The Morgan fingerprint density at radius 3 is 2.26 bits per heavy atom. The summed E-state index contributed by atoms with van der Waals surface area (Å²) in [6.45, 7) is 2.85. The van der Waals surface area contributed by atoms with Crippen molar-refractivity contribution in [3.8, 4) is 22.4 Å². The lowest BCUT2D eigenvalue weighted by molar-refractivity contribution is -0.137. The normalized spacial score (nSPS) is 11.4. The lowest BCUT2D eigenvalue weighted by Gasteiger charge is -2.08. The first-order valence-corrected chi connectivity index (χ1v) is 10.1. The number of hydrogen-bond donors (Lipinski definition) is 2. The maximum absolute atomic E-state index is 12.7. The van der Waals surface area contributed by atoms with Gasteiger partial charge in [-0.1, -0.05) is 49.7 Å². The van der Waals surface area contributed by atoms with Gasteiger partial charge in [0.15, 0.2) is 0 Å². The molecule has 5 nitrogen and oxygen atoms in total. The molecule has 1 heterocycles. The van der Waals surface area contributed by atoms with E-state index in [0.29, 0.717) is 25.1 Å². The number of aromatic nitrogens is 2. The van der Waals surface area contributed by atoms with Crippen LogP contribution in [0.4, 0.5) is 18.0 Å². The standard InChI is InChI=1S/C23H24F3N3O2/c1-2-3-14-31-22(30)27-13-12-21-28-15-20(29-21)18-6-4-16(5-7-18)17-8-10-19(11-9-17)23(24,25)26/h4-11,15H,2-3,12-14H2,1H3,(H,27,30)(H,28,29). The number of halogens is 3. The maximum atomic E-state index is 12.7. The van der Waals surface area contributed by atoms with Crippen molar-refractivity contribution in [2.45, 2.75) is 32.4 Å². The van der Waals surface area contributed by atoms with Crippen LogP contribution >= 0.6 is 0 Å². The van der Waals surface area contributed by atoms with Crippen molar-refractivity contribution < 1.29 is 22.7 Å². The fraction of sp³-hybridized carbons (Fsp3) is 0.304. The number of carbonyl (C=O) groups excluding carboxylic acids is 1. The van der Waals surface area contributed by atoms with Crippen LogP contribution in [0.5, 0.6) is 0 Å². The predicted molar refractivity (Wildman–Crippen MR) is 112 cm³/mol. The molecule has 0 bridgehead atoms. The summed E-state index contributed by atoms with van der Waals surface area (Å²) in [5.41, 5.74) is 2.59. The van der Waals surface area contributed by atoms with E-state index in [-0.39, 0.29) is 0 Å². The Balaban J connectivity index is 1.56. The summed E-state index contributed by atoms with van der Waals surface area (Å²) in [5, 5.41) is 2.69. The molecule has 0 saturated carbocycles. The predicted octanol–water partition coefficient (Wildman–Crippen LogP) is 5.83. The van der Waals surface area contributed by atoms with Gasteiger partial charge in [-0.3, -0.25) is 0 Å². The molecular weight excluding hydrogens is 407 g/mol. The van der Waals surface area contributed by atoms with E-state index in [9.17, 15) is 18.0 Å². The molecule has 0 atom stereocenters. The zero-order valence-corrected chi connectivity index (χ0v) is 17.1. The summed E-state index contributed by atoms with van der Waals surface area (Å²) in [7, 11) is 0. The minimum absolute atomic E-state index is 0.408. The van der Waals surface area contributed by atoms with Gasteiger partial charge in [-0.15, -0.1) is 0 Å². The number of alkyl halides is 3. The van der Waals surface area contributed by atoms with E-state index in [1.54, 1.807) is 6.20 Å². The van der Waals surface area contributed by atoms with Gasteiger partial charge in [0.2, 0.25) is 0 Å². The minimum atomic E-state index is -4.34. The van der Waals surface area contributed by atoms with Gasteiger partial charge in [0.25, 0.3) is 0 Å². The van der Waals surface area contributed by atoms with Crippen LogP contribution in [0.15, 0.2) is 54.7 Å². The highest BCUT2D eigenvalue weighted by Crippen LogP contribution is 2.31. The third-order valence-corrected chi connectivity index (χ3v) is 4.73. The maximum Gasteiger partial charge on any atom is 0.416 e. The molecule has 1 aromatic heterocycles. The van der Waals surface area contributed by atoms with Crippen molar-refractivity contribution in [2.24, 2.45) is 0 Å². The third kappa shape index (κ3) is 6.34. The van der Waals surface area contributed by atoms with Crippen molar-refractivity contribution in [1.29, 1.82) is 0 Å². The summed E-state index contributed by atoms with van der Waals surface area (Å²) in [6, 6.07) is 12.6. The number of nitrogens with one attached hydrogen (secondary N) is 2. The quantitative estimate of drug-likeness (QED) is 0.441. The number of amides is 1. The number of carbonyl (C=O) groups is 1. The molecule has 31 heavy (non-hydrogen) atoms. The van der Waals surface area contributed by atoms with Crippen LogP contribution in [0.25, 0.3) is 22.4 Å². The number of imidazole rings is 1. The number of nitrogens with zero attached hydrogens (tertiary/aromatic N) is 1. The Hall–Kier alpha value is -3.29. The van der Waals surface area contributed by atoms with Crippen LogP contribution in [0, 0.1) is 0 Å². The van der Waals surface area contributed by atoms with Crippen LogP contribution in [-0.2, 0) is 17.3 Å².